The molecule has 122 valence electrons. The number of aromatic nitrogens is 2. The maximum atomic E-state index is 13.3. The van der Waals surface area contributed by atoms with Gasteiger partial charge in [-0.25, -0.2) is 9.37 Å². The Bertz CT molecular complexity index is 963. The molecule has 0 radical (unpaired) electrons. The molecule has 3 heterocycles. The van der Waals surface area contributed by atoms with E-state index in [4.69, 9.17) is 0 Å². The normalized spacial score (nSPS) is 14.1. The number of nitrogens with one attached hydrogen (secondary N) is 1. The highest BCUT2D eigenvalue weighted by atomic mass is 19.1. The summed E-state index contributed by atoms with van der Waals surface area (Å²) in [7, 11) is 3.75. The van der Waals surface area contributed by atoms with Gasteiger partial charge >= 0.3 is 0 Å². The Labute approximate surface area is 138 Å². The maximum absolute atomic E-state index is 13.3. The second-order valence-corrected chi connectivity index (χ2v) is 6.06. The van der Waals surface area contributed by atoms with Crippen LogP contribution in [0.15, 0.2) is 36.4 Å². The third kappa shape index (κ3) is 2.22. The molecule has 1 aromatic carbocycles. The molecule has 0 spiro atoms. The van der Waals surface area contributed by atoms with E-state index in [9.17, 15) is 9.18 Å². The van der Waals surface area contributed by atoms with Crippen LogP contribution in [0.3, 0.4) is 0 Å². The predicted octanol–water partition coefficient (Wildman–Crippen LogP) is 3.08. The number of anilines is 2. The molecule has 5 nitrogen and oxygen atoms in total. The van der Waals surface area contributed by atoms with Crippen molar-refractivity contribution in [2.24, 2.45) is 7.05 Å². The van der Waals surface area contributed by atoms with Crippen LogP contribution in [0, 0.1) is 5.82 Å². The molecule has 0 aliphatic carbocycles. The monoisotopic (exact) mass is 324 g/mol. The van der Waals surface area contributed by atoms with E-state index >= 15 is 0 Å². The third-order valence-electron chi connectivity index (χ3n) is 4.50. The van der Waals surface area contributed by atoms with E-state index in [2.05, 4.69) is 10.3 Å². The van der Waals surface area contributed by atoms with E-state index < -0.39 is 0 Å². The van der Waals surface area contributed by atoms with Gasteiger partial charge in [-0.1, -0.05) is 6.07 Å². The number of carbonyl (C=O) groups is 1. The summed E-state index contributed by atoms with van der Waals surface area (Å²) in [5.74, 6) is 0.352. The molecule has 1 amide bonds. The van der Waals surface area contributed by atoms with Gasteiger partial charge in [-0.15, -0.1) is 0 Å². The minimum atomic E-state index is -0.302. The Hall–Kier alpha value is -2.89. The van der Waals surface area contributed by atoms with E-state index in [1.54, 1.807) is 17.0 Å². The molecule has 0 saturated heterocycles. The lowest BCUT2D eigenvalue weighted by atomic mass is 10.0. The first-order chi connectivity index (χ1) is 11.5. The number of benzene rings is 1. The van der Waals surface area contributed by atoms with Crippen molar-refractivity contribution in [2.75, 3.05) is 18.9 Å². The Morgan fingerprint density at radius 2 is 2.04 bits per heavy atom. The number of hydrogen-bond donors (Lipinski definition) is 1. The largest absolute Gasteiger partial charge is 0.341 e. The van der Waals surface area contributed by atoms with Gasteiger partial charge in [-0.3, -0.25) is 4.79 Å². The number of carbonyl (C=O) groups excluding carboxylic acids is 1. The van der Waals surface area contributed by atoms with Crippen LogP contribution in [-0.4, -0.2) is 34.0 Å². The highest BCUT2D eigenvalue weighted by molar-refractivity contribution is 6.08. The Morgan fingerprint density at radius 3 is 2.83 bits per heavy atom. The Morgan fingerprint density at radius 1 is 1.21 bits per heavy atom. The van der Waals surface area contributed by atoms with Crippen molar-refractivity contribution in [3.63, 3.8) is 0 Å². The van der Waals surface area contributed by atoms with Gasteiger partial charge in [-0.05, 0) is 30.3 Å². The van der Waals surface area contributed by atoms with Gasteiger partial charge in [-0.2, -0.15) is 0 Å². The number of amides is 1. The molecule has 0 bridgehead atoms. The van der Waals surface area contributed by atoms with E-state index in [0.29, 0.717) is 18.1 Å². The average Bonchev–Trinajstić information content (AvgIpc) is 2.84. The molecule has 3 aromatic rings. The quantitative estimate of drug-likeness (QED) is 0.788. The van der Waals surface area contributed by atoms with Gasteiger partial charge in [0.15, 0.2) is 0 Å². The summed E-state index contributed by atoms with van der Waals surface area (Å²) in [4.78, 5) is 18.8. The lowest BCUT2D eigenvalue weighted by molar-refractivity contribution is 0.0781. The predicted molar refractivity (Wildman–Crippen MR) is 91.1 cm³/mol. The Kier molecular flexibility index (Phi) is 3.26. The molecule has 0 saturated carbocycles. The first kappa shape index (κ1) is 14.7. The van der Waals surface area contributed by atoms with Crippen molar-refractivity contribution in [3.8, 4) is 0 Å². The van der Waals surface area contributed by atoms with Crippen molar-refractivity contribution in [2.45, 2.75) is 6.42 Å². The fourth-order valence-corrected chi connectivity index (χ4v) is 3.23. The molecule has 0 fully saturated rings. The maximum Gasteiger partial charge on any atom is 0.256 e. The third-order valence-corrected chi connectivity index (χ3v) is 4.50. The summed E-state index contributed by atoms with van der Waals surface area (Å²) in [6.45, 7) is 0.713. The van der Waals surface area contributed by atoms with E-state index in [1.807, 2.05) is 30.8 Å². The zero-order valence-corrected chi connectivity index (χ0v) is 13.5. The molecule has 6 heteroatoms. The zero-order chi connectivity index (χ0) is 16.8. The van der Waals surface area contributed by atoms with Gasteiger partial charge in [0.1, 0.15) is 17.3 Å². The number of hydrogen-bond acceptors (Lipinski definition) is 3. The molecular weight excluding hydrogens is 307 g/mol. The molecule has 1 aliphatic rings. The van der Waals surface area contributed by atoms with Crippen molar-refractivity contribution in [1.29, 1.82) is 0 Å². The first-order valence-electron chi connectivity index (χ1n) is 7.81. The second kappa shape index (κ2) is 5.33. The van der Waals surface area contributed by atoms with Gasteiger partial charge in [0, 0.05) is 43.8 Å². The van der Waals surface area contributed by atoms with Crippen LogP contribution in [0.1, 0.15) is 16.1 Å². The summed E-state index contributed by atoms with van der Waals surface area (Å²) >= 11 is 0. The summed E-state index contributed by atoms with van der Waals surface area (Å²) < 4.78 is 15.3. The first-order valence-corrected chi connectivity index (χ1v) is 7.81. The van der Waals surface area contributed by atoms with Gasteiger partial charge < -0.3 is 14.8 Å². The van der Waals surface area contributed by atoms with Gasteiger partial charge in [0.25, 0.3) is 5.91 Å². The highest BCUT2D eigenvalue weighted by Gasteiger charge is 2.28. The minimum Gasteiger partial charge on any atom is -0.341 e. The van der Waals surface area contributed by atoms with Gasteiger partial charge in [0.05, 0.1) is 5.56 Å². The minimum absolute atomic E-state index is 0.0366. The standard InChI is InChI=1S/C18H17FN4O/c1-22-9-8-14-16(18(22)24)13-6-7-15(21-17(13)23(14)2)20-12-5-3-4-11(19)10-12/h3-7,10H,8-9H2,1-2H3,(H,20,21). The van der Waals surface area contributed by atoms with E-state index in [-0.39, 0.29) is 11.7 Å². The van der Waals surface area contributed by atoms with Crippen LogP contribution >= 0.6 is 0 Å². The molecule has 0 atom stereocenters. The van der Waals surface area contributed by atoms with Gasteiger partial charge in [0.2, 0.25) is 0 Å². The SMILES string of the molecule is CN1CCc2c(c3ccc(Nc4cccc(F)c4)nc3n2C)C1=O. The number of pyridine rings is 1. The van der Waals surface area contributed by atoms with Crippen LogP contribution < -0.4 is 5.32 Å². The molecule has 1 aliphatic heterocycles. The highest BCUT2D eigenvalue weighted by Crippen LogP contribution is 2.30. The Balaban J connectivity index is 1.79. The van der Waals surface area contributed by atoms with E-state index in [0.717, 1.165) is 28.7 Å². The fourth-order valence-electron chi connectivity index (χ4n) is 3.23. The molecule has 4 rings (SSSR count). The van der Waals surface area contributed by atoms with Crippen molar-refractivity contribution < 1.29 is 9.18 Å². The number of halogens is 1. The number of nitrogens with zero attached hydrogens (tertiary/aromatic N) is 3. The van der Waals surface area contributed by atoms with Crippen molar-refractivity contribution in [1.82, 2.24) is 14.5 Å². The number of likely N-dealkylation sites (N-methyl/N-ethyl adjacent to an activating group) is 1. The molecule has 0 unspecified atom stereocenters. The summed E-state index contributed by atoms with van der Waals surface area (Å²) in [5, 5.41) is 3.96. The lowest BCUT2D eigenvalue weighted by Crippen LogP contribution is -2.34. The van der Waals surface area contributed by atoms with E-state index in [1.165, 1.54) is 12.1 Å². The average molecular weight is 324 g/mol. The zero-order valence-electron chi connectivity index (χ0n) is 13.5. The van der Waals surface area contributed by atoms with Crippen LogP contribution in [0.5, 0.6) is 0 Å². The van der Waals surface area contributed by atoms with Crippen LogP contribution in [-0.2, 0) is 13.5 Å². The van der Waals surface area contributed by atoms with Crippen molar-refractivity contribution >= 4 is 28.4 Å². The van der Waals surface area contributed by atoms with Crippen LogP contribution in [0.4, 0.5) is 15.9 Å². The molecular formula is C18H17FN4O. The van der Waals surface area contributed by atoms with Crippen molar-refractivity contribution in [3.05, 3.63) is 53.5 Å². The van der Waals surface area contributed by atoms with Crippen LogP contribution in [0.25, 0.3) is 11.0 Å². The fraction of sp³-hybridized carbons (Fsp3) is 0.222. The molecule has 2 aromatic heterocycles. The smallest absolute Gasteiger partial charge is 0.256 e. The second-order valence-electron chi connectivity index (χ2n) is 6.06. The molecule has 1 N–H and O–H groups in total. The number of rotatable bonds is 2. The lowest BCUT2D eigenvalue weighted by Gasteiger charge is -2.23. The molecule has 24 heavy (non-hydrogen) atoms. The topological polar surface area (TPSA) is 50.2 Å². The van der Waals surface area contributed by atoms with Crippen LogP contribution in [0.2, 0.25) is 0 Å². The number of aryl methyl sites for hydroxylation is 1. The summed E-state index contributed by atoms with van der Waals surface area (Å²) in [5.41, 5.74) is 3.15. The summed E-state index contributed by atoms with van der Waals surface area (Å²) in [6.07, 6.45) is 0.817. The summed E-state index contributed by atoms with van der Waals surface area (Å²) in [6, 6.07) is 9.96. The number of fused-ring (bicyclic) bond motifs is 3.